The monoisotopic (exact) mass is 431 g/mol. The van der Waals surface area contributed by atoms with E-state index in [-0.39, 0.29) is 10.8 Å². The smallest absolute Gasteiger partial charge is 0.261 e. The summed E-state index contributed by atoms with van der Waals surface area (Å²) in [6.07, 6.45) is 1.99. The van der Waals surface area contributed by atoms with Crippen molar-refractivity contribution in [3.8, 4) is 5.75 Å². The van der Waals surface area contributed by atoms with Crippen LogP contribution in [-0.2, 0) is 10.0 Å². The van der Waals surface area contributed by atoms with Crippen molar-refractivity contribution in [2.75, 3.05) is 39.0 Å². The maximum Gasteiger partial charge on any atom is 0.261 e. The molecule has 1 heterocycles. The first-order valence-electron chi connectivity index (χ1n) is 9.94. The fraction of sp³-hybridized carbons (Fsp3) is 0.409. The fourth-order valence-electron chi connectivity index (χ4n) is 3.60. The predicted molar refractivity (Wildman–Crippen MR) is 118 cm³/mol. The highest BCUT2D eigenvalue weighted by Gasteiger charge is 2.27. The SMILES string of the molecule is COc1ccc(NS(=O)(=O)c2ccc(C)c(C(=O)N3CCCC(N(C)C)C3)c2)cc1. The number of nitrogens with zero attached hydrogens (tertiary/aromatic N) is 2. The van der Waals surface area contributed by atoms with E-state index in [0.29, 0.717) is 36.1 Å². The van der Waals surface area contributed by atoms with Gasteiger partial charge in [-0.25, -0.2) is 8.42 Å². The molecule has 2 aromatic carbocycles. The van der Waals surface area contributed by atoms with Crippen LogP contribution in [0.15, 0.2) is 47.4 Å². The van der Waals surface area contributed by atoms with Gasteiger partial charge in [-0.2, -0.15) is 0 Å². The summed E-state index contributed by atoms with van der Waals surface area (Å²) in [5.41, 5.74) is 1.61. The molecule has 0 aromatic heterocycles. The lowest BCUT2D eigenvalue weighted by molar-refractivity contribution is 0.0634. The molecule has 1 aliphatic rings. The number of hydrogen-bond donors (Lipinski definition) is 1. The molecule has 2 aromatic rings. The molecule has 1 amide bonds. The zero-order valence-electron chi connectivity index (χ0n) is 17.9. The molecule has 30 heavy (non-hydrogen) atoms. The summed E-state index contributed by atoms with van der Waals surface area (Å²) in [7, 11) is 1.75. The minimum Gasteiger partial charge on any atom is -0.497 e. The molecule has 1 fully saturated rings. The third-order valence-corrected chi connectivity index (χ3v) is 6.88. The standard InChI is InChI=1S/C22H29N3O4S/c1-16-7-12-20(30(27,28)23-17-8-10-19(29-4)11-9-17)14-21(16)22(26)25-13-5-6-18(15-25)24(2)3/h7-12,14,18,23H,5-6,13,15H2,1-4H3. The van der Waals surface area contributed by atoms with Crippen LogP contribution < -0.4 is 9.46 Å². The van der Waals surface area contributed by atoms with Gasteiger partial charge in [0.05, 0.1) is 12.0 Å². The van der Waals surface area contributed by atoms with Crippen molar-refractivity contribution in [2.24, 2.45) is 0 Å². The number of rotatable bonds is 6. The molecule has 0 spiro atoms. The minimum atomic E-state index is -3.83. The van der Waals surface area contributed by atoms with E-state index in [1.165, 1.54) is 12.1 Å². The van der Waals surface area contributed by atoms with Crippen LogP contribution in [0.3, 0.4) is 0 Å². The van der Waals surface area contributed by atoms with Crippen molar-refractivity contribution in [1.82, 2.24) is 9.80 Å². The number of carbonyl (C=O) groups excluding carboxylic acids is 1. The maximum atomic E-state index is 13.2. The number of carbonyl (C=O) groups is 1. The lowest BCUT2D eigenvalue weighted by atomic mass is 10.0. The van der Waals surface area contributed by atoms with E-state index >= 15 is 0 Å². The normalized spacial score (nSPS) is 17.1. The Kier molecular flexibility index (Phi) is 6.67. The largest absolute Gasteiger partial charge is 0.497 e. The van der Waals surface area contributed by atoms with Gasteiger partial charge in [0, 0.05) is 30.4 Å². The van der Waals surface area contributed by atoms with E-state index in [1.54, 1.807) is 37.4 Å². The lowest BCUT2D eigenvalue weighted by Crippen LogP contribution is -2.47. The summed E-state index contributed by atoms with van der Waals surface area (Å²) in [5, 5.41) is 0. The number of ether oxygens (including phenoxy) is 1. The van der Waals surface area contributed by atoms with Gasteiger partial charge in [-0.1, -0.05) is 6.07 Å². The number of likely N-dealkylation sites (N-methyl/N-ethyl adjacent to an activating group) is 1. The van der Waals surface area contributed by atoms with Crippen molar-refractivity contribution >= 4 is 21.6 Å². The summed E-state index contributed by atoms with van der Waals surface area (Å²) in [4.78, 5) is 17.2. The molecule has 1 atom stereocenters. The van der Waals surface area contributed by atoms with E-state index in [9.17, 15) is 13.2 Å². The van der Waals surface area contributed by atoms with Crippen molar-refractivity contribution in [3.63, 3.8) is 0 Å². The van der Waals surface area contributed by atoms with E-state index < -0.39 is 10.0 Å². The molecule has 1 saturated heterocycles. The van der Waals surface area contributed by atoms with Gasteiger partial charge in [-0.15, -0.1) is 0 Å². The maximum absolute atomic E-state index is 13.2. The van der Waals surface area contributed by atoms with Gasteiger partial charge >= 0.3 is 0 Å². The number of sulfonamides is 1. The number of benzene rings is 2. The number of amides is 1. The summed E-state index contributed by atoms with van der Waals surface area (Å²) in [5.74, 6) is 0.513. The van der Waals surface area contributed by atoms with Gasteiger partial charge in [0.2, 0.25) is 0 Å². The molecule has 0 aliphatic carbocycles. The van der Waals surface area contributed by atoms with Gasteiger partial charge < -0.3 is 14.5 Å². The molecule has 162 valence electrons. The minimum absolute atomic E-state index is 0.0634. The van der Waals surface area contributed by atoms with Gasteiger partial charge in [0.25, 0.3) is 15.9 Å². The van der Waals surface area contributed by atoms with Crippen LogP contribution in [0.2, 0.25) is 0 Å². The average Bonchev–Trinajstić information content (AvgIpc) is 2.73. The summed E-state index contributed by atoms with van der Waals surface area (Å²) in [6.45, 7) is 3.16. The Bertz CT molecular complexity index is 1000. The molecule has 1 unspecified atom stereocenters. The van der Waals surface area contributed by atoms with Crippen molar-refractivity contribution < 1.29 is 17.9 Å². The molecule has 1 aliphatic heterocycles. The highest BCUT2D eigenvalue weighted by molar-refractivity contribution is 7.92. The Morgan fingerprint density at radius 2 is 1.87 bits per heavy atom. The van der Waals surface area contributed by atoms with Crippen LogP contribution >= 0.6 is 0 Å². The Morgan fingerprint density at radius 1 is 1.17 bits per heavy atom. The van der Waals surface area contributed by atoms with Crippen LogP contribution in [0.4, 0.5) is 5.69 Å². The second-order valence-corrected chi connectivity index (χ2v) is 9.50. The predicted octanol–water partition coefficient (Wildman–Crippen LogP) is 2.97. The van der Waals surface area contributed by atoms with Gasteiger partial charge in [0.1, 0.15) is 5.75 Å². The Balaban J connectivity index is 1.83. The number of piperidine rings is 1. The van der Waals surface area contributed by atoms with Crippen molar-refractivity contribution in [2.45, 2.75) is 30.7 Å². The van der Waals surface area contributed by atoms with E-state index in [4.69, 9.17) is 4.74 Å². The third-order valence-electron chi connectivity index (χ3n) is 5.51. The van der Waals surface area contributed by atoms with E-state index in [1.807, 2.05) is 25.9 Å². The van der Waals surface area contributed by atoms with Crippen LogP contribution in [0.1, 0.15) is 28.8 Å². The first kappa shape index (κ1) is 22.1. The number of aryl methyl sites for hydroxylation is 1. The van der Waals surface area contributed by atoms with Gasteiger partial charge in [-0.3, -0.25) is 9.52 Å². The summed E-state index contributed by atoms with van der Waals surface area (Å²) in [6, 6.07) is 11.6. The lowest BCUT2D eigenvalue weighted by Gasteiger charge is -2.36. The van der Waals surface area contributed by atoms with Gasteiger partial charge in [-0.05, 0) is 75.8 Å². The quantitative estimate of drug-likeness (QED) is 0.761. The molecule has 0 saturated carbocycles. The number of methoxy groups -OCH3 is 1. The number of hydrogen-bond acceptors (Lipinski definition) is 5. The van der Waals surface area contributed by atoms with Crippen LogP contribution in [0.25, 0.3) is 0 Å². The molecule has 0 bridgehead atoms. The van der Waals surface area contributed by atoms with Crippen molar-refractivity contribution in [1.29, 1.82) is 0 Å². The second kappa shape index (κ2) is 9.06. The second-order valence-electron chi connectivity index (χ2n) is 7.82. The Morgan fingerprint density at radius 3 is 2.50 bits per heavy atom. The summed E-state index contributed by atoms with van der Waals surface area (Å²) < 4.78 is 33.4. The van der Waals surface area contributed by atoms with Crippen molar-refractivity contribution in [3.05, 3.63) is 53.6 Å². The third kappa shape index (κ3) is 4.94. The van der Waals surface area contributed by atoms with E-state index in [2.05, 4.69) is 9.62 Å². The molecule has 7 nitrogen and oxygen atoms in total. The van der Waals surface area contributed by atoms with Crippen LogP contribution in [0.5, 0.6) is 5.75 Å². The van der Waals surface area contributed by atoms with Crippen LogP contribution in [0, 0.1) is 6.92 Å². The van der Waals surface area contributed by atoms with Crippen LogP contribution in [-0.4, -0.2) is 64.5 Å². The molecular formula is C22H29N3O4S. The number of anilines is 1. The molecule has 1 N–H and O–H groups in total. The zero-order chi connectivity index (χ0) is 21.9. The fourth-order valence-corrected chi connectivity index (χ4v) is 4.69. The Labute approximate surface area is 178 Å². The molecular weight excluding hydrogens is 402 g/mol. The highest BCUT2D eigenvalue weighted by Crippen LogP contribution is 2.23. The first-order chi connectivity index (χ1) is 14.2. The molecule has 3 rings (SSSR count). The van der Waals surface area contributed by atoms with E-state index in [0.717, 1.165) is 18.4 Å². The zero-order valence-corrected chi connectivity index (χ0v) is 18.7. The topological polar surface area (TPSA) is 78.9 Å². The summed E-state index contributed by atoms with van der Waals surface area (Å²) >= 11 is 0. The molecule has 8 heteroatoms. The Hall–Kier alpha value is -2.58. The average molecular weight is 432 g/mol. The number of likely N-dealkylation sites (tertiary alicyclic amines) is 1. The van der Waals surface area contributed by atoms with Gasteiger partial charge in [0.15, 0.2) is 0 Å². The molecule has 0 radical (unpaired) electrons. The first-order valence-corrected chi connectivity index (χ1v) is 11.4. The number of nitrogens with one attached hydrogen (secondary N) is 1. The highest BCUT2D eigenvalue weighted by atomic mass is 32.2.